The molecule has 0 aliphatic carbocycles. The van der Waals surface area contributed by atoms with Crippen molar-refractivity contribution in [1.82, 2.24) is 14.1 Å². The van der Waals surface area contributed by atoms with Crippen molar-refractivity contribution in [2.24, 2.45) is 0 Å². The molecule has 9 nitrogen and oxygen atoms in total. The second-order valence-corrected chi connectivity index (χ2v) is 9.74. The predicted octanol–water partition coefficient (Wildman–Crippen LogP) is 3.61. The summed E-state index contributed by atoms with van der Waals surface area (Å²) in [6.45, 7) is 1.29. The van der Waals surface area contributed by atoms with Crippen molar-refractivity contribution in [2.45, 2.75) is 23.9 Å². The van der Waals surface area contributed by atoms with E-state index in [4.69, 9.17) is 4.74 Å². The predicted molar refractivity (Wildman–Crippen MR) is 124 cm³/mol. The molecule has 0 bridgehead atoms. The number of hydrogen-bond donors (Lipinski definition) is 1. The zero-order chi connectivity index (χ0) is 27.0. The van der Waals surface area contributed by atoms with Crippen LogP contribution < -0.4 is 10.4 Å². The Balaban J connectivity index is 1.67. The molecule has 0 fully saturated rings. The molecule has 4 aromatic rings. The topological polar surface area (TPSA) is 120 Å². The minimum absolute atomic E-state index is 0.0593. The lowest BCUT2D eigenvalue weighted by Gasteiger charge is -2.10. The zero-order valence-electron chi connectivity index (χ0n) is 19.0. The number of nitrogens with zero attached hydrogens (tertiary/aromatic N) is 3. The number of aromatic nitrogens is 3. The maximum Gasteiger partial charge on any atom is 0.501 e. The number of rotatable bonds is 6. The SMILES string of the molecule is Cc1c(O)n(-c2ccc(S(=O)(=O)C(F)(F)F)cc2)c(=O)n1Cc1ccncc1OC(=O)c1ccccc1. The number of carbonyl (C=O) groups excluding carboxylic acids is 1. The van der Waals surface area contributed by atoms with Crippen molar-refractivity contribution in [3.63, 3.8) is 0 Å². The first kappa shape index (κ1) is 25.7. The van der Waals surface area contributed by atoms with Crippen molar-refractivity contribution < 1.29 is 36.2 Å². The number of benzene rings is 2. The van der Waals surface area contributed by atoms with Crippen LogP contribution >= 0.6 is 0 Å². The van der Waals surface area contributed by atoms with Crippen LogP contribution in [0.4, 0.5) is 13.2 Å². The number of pyridine rings is 1. The van der Waals surface area contributed by atoms with Crippen LogP contribution in [0.2, 0.25) is 0 Å². The fourth-order valence-electron chi connectivity index (χ4n) is 3.50. The Morgan fingerprint density at radius 2 is 1.70 bits per heavy atom. The third-order valence-corrected chi connectivity index (χ3v) is 6.99. The fraction of sp³-hybridized carbons (Fsp3) is 0.125. The van der Waals surface area contributed by atoms with Crippen LogP contribution in [0.25, 0.3) is 5.69 Å². The van der Waals surface area contributed by atoms with Crippen LogP contribution in [-0.4, -0.2) is 39.1 Å². The van der Waals surface area contributed by atoms with Gasteiger partial charge in [0.25, 0.3) is 9.84 Å². The van der Waals surface area contributed by atoms with Crippen LogP contribution in [0.3, 0.4) is 0 Å². The average Bonchev–Trinajstić information content (AvgIpc) is 3.08. The van der Waals surface area contributed by atoms with Crippen molar-refractivity contribution in [3.05, 3.63) is 100 Å². The van der Waals surface area contributed by atoms with Crippen LogP contribution in [-0.2, 0) is 16.4 Å². The van der Waals surface area contributed by atoms with Crippen LogP contribution in [0.15, 0.2) is 82.7 Å². The van der Waals surface area contributed by atoms with E-state index in [1.807, 2.05) is 0 Å². The Morgan fingerprint density at radius 1 is 1.05 bits per heavy atom. The molecular formula is C24H18F3N3O6S. The Kier molecular flexibility index (Phi) is 6.65. The lowest BCUT2D eigenvalue weighted by atomic mass is 10.2. The molecule has 0 unspecified atom stereocenters. The molecule has 2 heterocycles. The molecule has 1 N–H and O–H groups in total. The van der Waals surface area contributed by atoms with E-state index in [2.05, 4.69) is 4.98 Å². The molecule has 0 aliphatic heterocycles. The van der Waals surface area contributed by atoms with Gasteiger partial charge in [-0.2, -0.15) is 13.2 Å². The Bertz CT molecular complexity index is 1630. The summed E-state index contributed by atoms with van der Waals surface area (Å²) in [6, 6.07) is 13.1. The van der Waals surface area contributed by atoms with Crippen molar-refractivity contribution in [1.29, 1.82) is 0 Å². The number of esters is 1. The molecule has 0 radical (unpaired) electrons. The van der Waals surface area contributed by atoms with Gasteiger partial charge >= 0.3 is 17.2 Å². The minimum Gasteiger partial charge on any atom is -0.493 e. The van der Waals surface area contributed by atoms with Gasteiger partial charge in [0.15, 0.2) is 5.75 Å². The number of ether oxygens (including phenoxy) is 1. The average molecular weight is 533 g/mol. The summed E-state index contributed by atoms with van der Waals surface area (Å²) < 4.78 is 69.1. The monoisotopic (exact) mass is 533 g/mol. The second-order valence-electron chi connectivity index (χ2n) is 7.80. The quantitative estimate of drug-likeness (QED) is 0.376. The Labute approximate surface area is 207 Å². The maximum atomic E-state index is 13.2. The van der Waals surface area contributed by atoms with E-state index in [1.165, 1.54) is 25.4 Å². The van der Waals surface area contributed by atoms with Crippen LogP contribution in [0.5, 0.6) is 11.6 Å². The van der Waals surface area contributed by atoms with Gasteiger partial charge in [-0.05, 0) is 49.4 Å². The normalized spacial score (nSPS) is 11.9. The van der Waals surface area contributed by atoms with E-state index in [9.17, 15) is 36.3 Å². The van der Waals surface area contributed by atoms with E-state index in [0.717, 1.165) is 21.3 Å². The first-order valence-electron chi connectivity index (χ1n) is 10.5. The number of halogens is 3. The highest BCUT2D eigenvalue weighted by molar-refractivity contribution is 7.92. The third kappa shape index (κ3) is 4.85. The van der Waals surface area contributed by atoms with E-state index in [0.29, 0.717) is 23.3 Å². The van der Waals surface area contributed by atoms with E-state index in [-0.39, 0.29) is 23.7 Å². The largest absolute Gasteiger partial charge is 0.501 e. The third-order valence-electron chi connectivity index (χ3n) is 5.48. The van der Waals surface area contributed by atoms with Gasteiger partial charge < -0.3 is 9.84 Å². The highest BCUT2D eigenvalue weighted by Crippen LogP contribution is 2.31. The lowest BCUT2D eigenvalue weighted by molar-refractivity contribution is -0.0436. The lowest BCUT2D eigenvalue weighted by Crippen LogP contribution is -2.25. The highest BCUT2D eigenvalue weighted by atomic mass is 32.2. The molecule has 0 aliphatic rings. The summed E-state index contributed by atoms with van der Waals surface area (Å²) in [5, 5.41) is 10.6. The van der Waals surface area contributed by atoms with Gasteiger partial charge in [0, 0.05) is 11.8 Å². The summed E-state index contributed by atoms with van der Waals surface area (Å²) in [6.07, 6.45) is 2.72. The van der Waals surface area contributed by atoms with Gasteiger partial charge in [0.1, 0.15) is 0 Å². The first-order valence-corrected chi connectivity index (χ1v) is 12.0. The summed E-state index contributed by atoms with van der Waals surface area (Å²) >= 11 is 0. The van der Waals surface area contributed by atoms with E-state index < -0.39 is 37.8 Å². The summed E-state index contributed by atoms with van der Waals surface area (Å²) in [7, 11) is -5.58. The number of hydrogen-bond acceptors (Lipinski definition) is 7. The van der Waals surface area contributed by atoms with E-state index >= 15 is 0 Å². The molecule has 192 valence electrons. The van der Waals surface area contributed by atoms with Gasteiger partial charge in [0.2, 0.25) is 5.88 Å². The fourth-order valence-corrected chi connectivity index (χ4v) is 4.26. The summed E-state index contributed by atoms with van der Waals surface area (Å²) in [4.78, 5) is 28.6. The van der Waals surface area contributed by atoms with Gasteiger partial charge in [0.05, 0.1) is 34.6 Å². The second kappa shape index (κ2) is 9.58. The van der Waals surface area contributed by atoms with E-state index in [1.54, 1.807) is 30.3 Å². The highest BCUT2D eigenvalue weighted by Gasteiger charge is 2.46. The summed E-state index contributed by atoms with van der Waals surface area (Å²) in [5.41, 5.74) is -5.53. The summed E-state index contributed by atoms with van der Waals surface area (Å²) in [5.74, 6) is -1.07. The van der Waals surface area contributed by atoms with Gasteiger partial charge in [-0.1, -0.05) is 18.2 Å². The molecule has 0 saturated heterocycles. The molecule has 37 heavy (non-hydrogen) atoms. The molecule has 4 rings (SSSR count). The van der Waals surface area contributed by atoms with Crippen molar-refractivity contribution in [3.8, 4) is 17.3 Å². The molecule has 0 atom stereocenters. The van der Waals surface area contributed by atoms with Gasteiger partial charge in [-0.15, -0.1) is 0 Å². The molecule has 0 spiro atoms. The standard InChI is InChI=1S/C24H18F3N3O6S/c1-15-21(31)30(18-7-9-19(10-8-18)37(34,35)24(25,26)27)23(33)29(15)14-17-11-12-28-13-20(17)36-22(32)16-5-3-2-4-6-16/h2-13,31H,14H2,1H3. The Morgan fingerprint density at radius 3 is 2.32 bits per heavy atom. The van der Waals surface area contributed by atoms with Crippen LogP contribution in [0.1, 0.15) is 21.6 Å². The molecule has 13 heteroatoms. The van der Waals surface area contributed by atoms with Gasteiger partial charge in [-0.25, -0.2) is 22.6 Å². The van der Waals surface area contributed by atoms with Crippen molar-refractivity contribution >= 4 is 15.8 Å². The smallest absolute Gasteiger partial charge is 0.493 e. The van der Waals surface area contributed by atoms with Crippen molar-refractivity contribution in [2.75, 3.05) is 0 Å². The number of alkyl halides is 3. The Hall–Kier alpha value is -4.39. The number of sulfone groups is 1. The first-order chi connectivity index (χ1) is 17.4. The molecular weight excluding hydrogens is 515 g/mol. The van der Waals surface area contributed by atoms with Crippen LogP contribution in [0, 0.1) is 6.92 Å². The molecule has 2 aromatic heterocycles. The zero-order valence-corrected chi connectivity index (χ0v) is 19.8. The number of aromatic hydroxyl groups is 1. The maximum absolute atomic E-state index is 13.2. The number of carbonyl (C=O) groups is 1. The molecule has 0 saturated carbocycles. The molecule has 2 aromatic carbocycles. The number of imidazole rings is 1. The van der Waals surface area contributed by atoms with Gasteiger partial charge in [-0.3, -0.25) is 9.55 Å². The minimum atomic E-state index is -5.58. The molecule has 0 amide bonds.